The van der Waals surface area contributed by atoms with Crippen molar-refractivity contribution in [1.29, 1.82) is 0 Å². The van der Waals surface area contributed by atoms with Gasteiger partial charge in [-0.25, -0.2) is 8.42 Å². The Morgan fingerprint density at radius 1 is 0.971 bits per heavy atom. The molecule has 9 nitrogen and oxygen atoms in total. The second-order valence-electron chi connectivity index (χ2n) is 9.83. The van der Waals surface area contributed by atoms with Crippen molar-refractivity contribution < 1.29 is 18.0 Å². The summed E-state index contributed by atoms with van der Waals surface area (Å²) in [6.45, 7) is 3.89. The van der Waals surface area contributed by atoms with Crippen molar-refractivity contribution in [2.75, 3.05) is 31.5 Å². The van der Waals surface area contributed by atoms with Gasteiger partial charge in [-0.2, -0.15) is 4.31 Å². The first-order valence-electron chi connectivity index (χ1n) is 12.1. The first kappa shape index (κ1) is 23.7. The summed E-state index contributed by atoms with van der Waals surface area (Å²) in [5.74, 6) is 0.124. The molecule has 3 aliphatic rings. The Hall–Kier alpha value is -2.98. The molecule has 2 saturated heterocycles. The van der Waals surface area contributed by atoms with Crippen LogP contribution in [0.1, 0.15) is 37.8 Å². The van der Waals surface area contributed by atoms with E-state index in [2.05, 4.69) is 5.32 Å². The quantitative estimate of drug-likeness (QED) is 0.692. The molecule has 0 unspecified atom stereocenters. The average molecular weight is 499 g/mol. The number of piperidine rings is 2. The third-order valence-electron chi connectivity index (χ3n) is 7.41. The molecule has 0 radical (unpaired) electrons. The van der Waals surface area contributed by atoms with Crippen LogP contribution in [0, 0.1) is 11.8 Å². The lowest BCUT2D eigenvalue weighted by Crippen LogP contribution is -2.52. The van der Waals surface area contributed by atoms with Gasteiger partial charge in [0.05, 0.1) is 4.90 Å². The zero-order valence-corrected chi connectivity index (χ0v) is 20.5. The fourth-order valence-corrected chi connectivity index (χ4v) is 7.21. The van der Waals surface area contributed by atoms with Crippen LogP contribution in [-0.4, -0.2) is 60.2 Å². The van der Waals surface area contributed by atoms with E-state index >= 15 is 0 Å². The molecule has 2 bridgehead atoms. The number of fused-ring (bicyclic) bond motifs is 4. The minimum Gasteiger partial charge on any atom is -0.341 e. The van der Waals surface area contributed by atoms with Crippen LogP contribution in [0.3, 0.4) is 0 Å². The van der Waals surface area contributed by atoms with Crippen molar-refractivity contribution in [2.24, 2.45) is 11.8 Å². The van der Waals surface area contributed by atoms with E-state index in [0.29, 0.717) is 51.3 Å². The zero-order chi connectivity index (χ0) is 24.7. The monoisotopic (exact) mass is 498 g/mol. The van der Waals surface area contributed by atoms with Crippen LogP contribution in [0.15, 0.2) is 52.2 Å². The van der Waals surface area contributed by atoms with E-state index in [1.54, 1.807) is 24.3 Å². The Kier molecular flexibility index (Phi) is 6.27. The lowest BCUT2D eigenvalue weighted by atomic mass is 9.82. The SMILES string of the molecule is CC(=O)Nc1ccc(S(=O)(=O)N2CCC(C(=O)N3C[C@H]4C[C@H](C3)c3cccc(=O)n3C4)CC2)cc1. The second kappa shape index (κ2) is 9.23. The van der Waals surface area contributed by atoms with Crippen LogP contribution in [0.2, 0.25) is 0 Å². The minimum atomic E-state index is -3.67. The number of amides is 2. The van der Waals surface area contributed by atoms with Crippen molar-refractivity contribution in [2.45, 2.75) is 43.5 Å². The van der Waals surface area contributed by atoms with Gasteiger partial charge >= 0.3 is 0 Å². The van der Waals surface area contributed by atoms with Crippen molar-refractivity contribution >= 4 is 27.5 Å². The Morgan fingerprint density at radius 3 is 2.37 bits per heavy atom. The molecule has 0 spiro atoms. The van der Waals surface area contributed by atoms with Crippen LogP contribution in [0.4, 0.5) is 5.69 Å². The predicted octanol–water partition coefficient (Wildman–Crippen LogP) is 1.85. The normalized spacial score (nSPS) is 22.9. The van der Waals surface area contributed by atoms with Gasteiger partial charge in [0.25, 0.3) is 5.56 Å². The summed E-state index contributed by atoms with van der Waals surface area (Å²) < 4.78 is 29.5. The van der Waals surface area contributed by atoms with E-state index < -0.39 is 10.0 Å². The van der Waals surface area contributed by atoms with Gasteiger partial charge in [-0.05, 0) is 55.5 Å². The summed E-state index contributed by atoms with van der Waals surface area (Å²) in [7, 11) is -3.67. The number of hydrogen-bond acceptors (Lipinski definition) is 5. The molecule has 4 heterocycles. The molecule has 5 rings (SSSR count). The van der Waals surface area contributed by atoms with Gasteiger partial charge in [0.1, 0.15) is 0 Å². The number of carbonyl (C=O) groups excluding carboxylic acids is 2. The van der Waals surface area contributed by atoms with Gasteiger partial charge in [-0.1, -0.05) is 6.07 Å². The number of sulfonamides is 1. The van der Waals surface area contributed by atoms with Gasteiger partial charge in [0.2, 0.25) is 21.8 Å². The average Bonchev–Trinajstić information content (AvgIpc) is 2.84. The highest BCUT2D eigenvalue weighted by molar-refractivity contribution is 7.89. The third kappa shape index (κ3) is 4.64. The number of aromatic nitrogens is 1. The standard InChI is InChI=1S/C25H30N4O5S/c1-17(30)26-21-5-7-22(8-6-21)35(33,34)28-11-9-19(10-12-28)25(32)27-14-18-13-20(16-27)23-3-2-4-24(31)29(23)15-18/h2-8,18-20H,9-16H2,1H3,(H,26,30)/t18-,20-/m1/s1. The predicted molar refractivity (Wildman–Crippen MR) is 130 cm³/mol. The number of anilines is 1. The molecule has 2 atom stereocenters. The van der Waals surface area contributed by atoms with E-state index in [4.69, 9.17) is 0 Å². The molecule has 3 aliphatic heterocycles. The van der Waals surface area contributed by atoms with Crippen LogP contribution in [0.25, 0.3) is 0 Å². The maximum Gasteiger partial charge on any atom is 0.250 e. The van der Waals surface area contributed by atoms with E-state index in [0.717, 1.165) is 12.1 Å². The van der Waals surface area contributed by atoms with Crippen LogP contribution < -0.4 is 10.9 Å². The van der Waals surface area contributed by atoms with E-state index in [-0.39, 0.29) is 40.0 Å². The van der Waals surface area contributed by atoms with Gasteiger partial charge < -0.3 is 14.8 Å². The van der Waals surface area contributed by atoms with Crippen LogP contribution >= 0.6 is 0 Å². The van der Waals surface area contributed by atoms with Crippen molar-refractivity contribution in [3.05, 3.63) is 58.5 Å². The molecule has 1 N–H and O–H groups in total. The number of nitrogens with one attached hydrogen (secondary N) is 1. The fourth-order valence-electron chi connectivity index (χ4n) is 5.74. The number of pyridine rings is 1. The highest BCUT2D eigenvalue weighted by Gasteiger charge is 2.39. The summed E-state index contributed by atoms with van der Waals surface area (Å²) in [6.07, 6.45) is 1.97. The number of nitrogens with zero attached hydrogens (tertiary/aromatic N) is 3. The molecule has 1 aromatic carbocycles. The lowest BCUT2D eigenvalue weighted by molar-refractivity contribution is -0.139. The molecule has 2 amide bonds. The molecule has 10 heteroatoms. The first-order valence-corrected chi connectivity index (χ1v) is 13.5. The number of rotatable bonds is 4. The molecule has 0 saturated carbocycles. The molecule has 2 aromatic rings. The van der Waals surface area contributed by atoms with E-state index in [1.807, 2.05) is 15.5 Å². The Bertz CT molecular complexity index is 1300. The van der Waals surface area contributed by atoms with Crippen LogP contribution in [-0.2, 0) is 26.2 Å². The third-order valence-corrected chi connectivity index (χ3v) is 9.32. The molecule has 2 fully saturated rings. The maximum atomic E-state index is 13.4. The Balaban J connectivity index is 1.22. The molecule has 1 aromatic heterocycles. The van der Waals surface area contributed by atoms with Crippen LogP contribution in [0.5, 0.6) is 0 Å². The number of benzene rings is 1. The maximum absolute atomic E-state index is 13.4. The Morgan fingerprint density at radius 2 is 1.69 bits per heavy atom. The second-order valence-corrected chi connectivity index (χ2v) is 11.8. The molecular weight excluding hydrogens is 468 g/mol. The smallest absolute Gasteiger partial charge is 0.250 e. The highest BCUT2D eigenvalue weighted by atomic mass is 32.2. The number of hydrogen-bond donors (Lipinski definition) is 1. The largest absolute Gasteiger partial charge is 0.341 e. The number of likely N-dealkylation sites (tertiary alicyclic amines) is 1. The topological polar surface area (TPSA) is 109 Å². The first-order chi connectivity index (χ1) is 16.7. The summed E-state index contributed by atoms with van der Waals surface area (Å²) >= 11 is 0. The van der Waals surface area contributed by atoms with Gasteiger partial charge in [0.15, 0.2) is 0 Å². The fraction of sp³-hybridized carbons (Fsp3) is 0.480. The van der Waals surface area contributed by atoms with Crippen molar-refractivity contribution in [1.82, 2.24) is 13.8 Å². The van der Waals surface area contributed by atoms with Gasteiger partial charge in [0, 0.05) is 68.9 Å². The van der Waals surface area contributed by atoms with Crippen molar-refractivity contribution in [3.8, 4) is 0 Å². The molecular formula is C25H30N4O5S. The summed E-state index contributed by atoms with van der Waals surface area (Å²) in [5, 5.41) is 2.63. The summed E-state index contributed by atoms with van der Waals surface area (Å²) in [6, 6.07) is 11.5. The summed E-state index contributed by atoms with van der Waals surface area (Å²) in [4.78, 5) is 38.9. The van der Waals surface area contributed by atoms with E-state index in [9.17, 15) is 22.8 Å². The molecule has 35 heavy (non-hydrogen) atoms. The number of carbonyl (C=O) groups is 2. The lowest BCUT2D eigenvalue weighted by Gasteiger charge is -2.44. The van der Waals surface area contributed by atoms with Gasteiger partial charge in [-0.15, -0.1) is 0 Å². The molecule has 186 valence electrons. The van der Waals surface area contributed by atoms with E-state index in [1.165, 1.54) is 23.4 Å². The molecule has 0 aliphatic carbocycles. The Labute approximate surface area is 204 Å². The highest BCUT2D eigenvalue weighted by Crippen LogP contribution is 2.36. The zero-order valence-electron chi connectivity index (χ0n) is 19.7. The summed E-state index contributed by atoms with van der Waals surface area (Å²) in [5.41, 5.74) is 1.58. The minimum absolute atomic E-state index is 0.0234. The van der Waals surface area contributed by atoms with Gasteiger partial charge in [-0.3, -0.25) is 14.4 Å². The van der Waals surface area contributed by atoms with Crippen molar-refractivity contribution in [3.63, 3.8) is 0 Å².